The second-order valence-electron chi connectivity index (χ2n) is 5.33. The van der Waals surface area contributed by atoms with Gasteiger partial charge in [-0.1, -0.05) is 0 Å². The molecule has 0 spiro atoms. The van der Waals surface area contributed by atoms with Gasteiger partial charge in [-0.15, -0.1) is 10.2 Å². The Hall–Kier alpha value is -1.15. The summed E-state index contributed by atoms with van der Waals surface area (Å²) in [5, 5.41) is 10.3. The van der Waals surface area contributed by atoms with Crippen LogP contribution in [-0.2, 0) is 0 Å². The Labute approximate surface area is 134 Å². The van der Waals surface area contributed by atoms with Gasteiger partial charge < -0.3 is 9.30 Å². The minimum absolute atomic E-state index is 0.535. The Morgan fingerprint density at radius 1 is 1.29 bits per heavy atom. The lowest BCUT2D eigenvalue weighted by molar-refractivity contribution is 0.389. The summed E-state index contributed by atoms with van der Waals surface area (Å²) in [5.41, 5.74) is 0. The van der Waals surface area contributed by atoms with Crippen molar-refractivity contribution in [3.63, 3.8) is 0 Å². The molecule has 0 bridgehead atoms. The second-order valence-corrected chi connectivity index (χ2v) is 7.12. The molecule has 2 saturated carbocycles. The van der Waals surface area contributed by atoms with Crippen LogP contribution in [0.4, 0.5) is 0 Å². The molecule has 2 heterocycles. The van der Waals surface area contributed by atoms with Gasteiger partial charge in [-0.2, -0.15) is 4.98 Å². The number of hydrogen-bond donors (Lipinski definition) is 0. The monoisotopic (exact) mass is 367 g/mol. The van der Waals surface area contributed by atoms with Gasteiger partial charge in [0.2, 0.25) is 5.88 Å². The van der Waals surface area contributed by atoms with Gasteiger partial charge in [-0.3, -0.25) is 0 Å². The Kier molecular flexibility index (Phi) is 3.37. The third kappa shape index (κ3) is 2.66. The zero-order chi connectivity index (χ0) is 14.4. The predicted octanol–water partition coefficient (Wildman–Crippen LogP) is 3.20. The van der Waals surface area contributed by atoms with Crippen LogP contribution in [0.15, 0.2) is 21.0 Å². The molecular weight excluding hydrogens is 354 g/mol. The van der Waals surface area contributed by atoms with E-state index in [-0.39, 0.29) is 0 Å². The van der Waals surface area contributed by atoms with E-state index in [1.165, 1.54) is 37.4 Å². The lowest BCUT2D eigenvalue weighted by Crippen LogP contribution is -2.02. The molecule has 6 nitrogen and oxygen atoms in total. The average Bonchev–Trinajstić information content (AvgIpc) is 3.40. The minimum Gasteiger partial charge on any atom is -0.480 e. The van der Waals surface area contributed by atoms with Crippen molar-refractivity contribution >= 4 is 27.7 Å². The summed E-state index contributed by atoms with van der Waals surface area (Å²) in [4.78, 5) is 8.69. The van der Waals surface area contributed by atoms with Crippen molar-refractivity contribution in [1.29, 1.82) is 0 Å². The van der Waals surface area contributed by atoms with Crippen molar-refractivity contribution in [2.75, 3.05) is 7.11 Å². The Morgan fingerprint density at radius 3 is 2.76 bits per heavy atom. The normalized spacial score (nSPS) is 18.0. The zero-order valence-corrected chi connectivity index (χ0v) is 13.9. The van der Waals surface area contributed by atoms with Gasteiger partial charge in [0.1, 0.15) is 5.82 Å². The number of halogens is 1. The number of nitrogens with zero attached hydrogens (tertiary/aromatic N) is 5. The molecule has 0 aliphatic heterocycles. The molecule has 8 heteroatoms. The topological polar surface area (TPSA) is 65.7 Å². The van der Waals surface area contributed by atoms with Gasteiger partial charge in [0.25, 0.3) is 0 Å². The highest BCUT2D eigenvalue weighted by atomic mass is 79.9. The molecule has 2 aliphatic carbocycles. The first-order valence-corrected chi connectivity index (χ1v) is 8.56. The molecule has 2 aliphatic rings. The molecule has 2 aromatic heterocycles. The fourth-order valence-electron chi connectivity index (χ4n) is 2.26. The van der Waals surface area contributed by atoms with Gasteiger partial charge in [0.15, 0.2) is 10.3 Å². The summed E-state index contributed by atoms with van der Waals surface area (Å²) in [5.74, 6) is 2.28. The van der Waals surface area contributed by atoms with Crippen molar-refractivity contribution in [2.45, 2.75) is 48.0 Å². The molecule has 21 heavy (non-hydrogen) atoms. The Morgan fingerprint density at radius 2 is 2.10 bits per heavy atom. The van der Waals surface area contributed by atoms with Crippen LogP contribution in [0.1, 0.15) is 43.5 Å². The van der Waals surface area contributed by atoms with Crippen LogP contribution in [0.2, 0.25) is 0 Å². The standard InChI is InChI=1S/C13H14BrN5OS/c1-20-11-9(14)6-15-12(16-11)21-13-18-17-10(7-2-3-7)19(13)8-4-5-8/h6-8H,2-5H2,1H3. The first-order valence-electron chi connectivity index (χ1n) is 6.95. The largest absolute Gasteiger partial charge is 0.480 e. The SMILES string of the molecule is COc1nc(Sc2nnc(C3CC3)n2C2CC2)ncc1Br. The molecule has 110 valence electrons. The lowest BCUT2D eigenvalue weighted by atomic mass is 10.4. The quantitative estimate of drug-likeness (QED) is 0.756. The van der Waals surface area contributed by atoms with Crippen LogP contribution in [0.3, 0.4) is 0 Å². The average molecular weight is 368 g/mol. The summed E-state index contributed by atoms with van der Waals surface area (Å²) < 4.78 is 8.25. The van der Waals surface area contributed by atoms with E-state index in [0.29, 0.717) is 23.0 Å². The smallest absolute Gasteiger partial charge is 0.231 e. The Bertz CT molecular complexity index is 683. The highest BCUT2D eigenvalue weighted by Gasteiger charge is 2.36. The maximum Gasteiger partial charge on any atom is 0.231 e. The van der Waals surface area contributed by atoms with E-state index in [4.69, 9.17) is 4.74 Å². The van der Waals surface area contributed by atoms with E-state index >= 15 is 0 Å². The highest BCUT2D eigenvalue weighted by Crippen LogP contribution is 2.46. The van der Waals surface area contributed by atoms with E-state index in [0.717, 1.165) is 15.5 Å². The molecule has 2 fully saturated rings. The maximum atomic E-state index is 5.21. The number of ether oxygens (including phenoxy) is 1. The molecule has 0 saturated heterocycles. The van der Waals surface area contributed by atoms with Crippen LogP contribution < -0.4 is 4.74 Å². The maximum absolute atomic E-state index is 5.21. The third-order valence-electron chi connectivity index (χ3n) is 3.61. The van der Waals surface area contributed by atoms with Crippen LogP contribution in [0.5, 0.6) is 5.88 Å². The summed E-state index contributed by atoms with van der Waals surface area (Å²) in [6, 6.07) is 0.565. The van der Waals surface area contributed by atoms with Crippen molar-refractivity contribution in [1.82, 2.24) is 24.7 Å². The molecule has 0 N–H and O–H groups in total. The summed E-state index contributed by atoms with van der Waals surface area (Å²) >= 11 is 4.82. The third-order valence-corrected chi connectivity index (χ3v) is 5.00. The number of aromatic nitrogens is 5. The fourth-order valence-corrected chi connectivity index (χ4v) is 3.44. The van der Waals surface area contributed by atoms with Crippen molar-refractivity contribution in [3.05, 3.63) is 16.5 Å². The summed E-state index contributed by atoms with van der Waals surface area (Å²) in [6.45, 7) is 0. The molecule has 0 unspecified atom stereocenters. The molecule has 0 radical (unpaired) electrons. The molecular formula is C13H14BrN5OS. The van der Waals surface area contributed by atoms with Gasteiger partial charge in [-0.05, 0) is 53.4 Å². The lowest BCUT2D eigenvalue weighted by Gasteiger charge is -2.08. The van der Waals surface area contributed by atoms with Crippen LogP contribution in [0, 0.1) is 0 Å². The predicted molar refractivity (Wildman–Crippen MR) is 80.7 cm³/mol. The highest BCUT2D eigenvalue weighted by molar-refractivity contribution is 9.10. The fraction of sp³-hybridized carbons (Fsp3) is 0.538. The van der Waals surface area contributed by atoms with Crippen LogP contribution in [0.25, 0.3) is 0 Å². The van der Waals surface area contributed by atoms with E-state index in [2.05, 4.69) is 40.7 Å². The van der Waals surface area contributed by atoms with Gasteiger partial charge in [-0.25, -0.2) is 4.98 Å². The zero-order valence-electron chi connectivity index (χ0n) is 11.5. The molecule has 0 atom stereocenters. The number of methoxy groups -OCH3 is 1. The summed E-state index contributed by atoms with van der Waals surface area (Å²) in [7, 11) is 1.60. The van der Waals surface area contributed by atoms with Gasteiger partial charge in [0, 0.05) is 18.2 Å². The van der Waals surface area contributed by atoms with Gasteiger partial charge >= 0.3 is 0 Å². The molecule has 2 aromatic rings. The first kappa shape index (κ1) is 13.5. The van der Waals surface area contributed by atoms with Crippen molar-refractivity contribution in [2.24, 2.45) is 0 Å². The van der Waals surface area contributed by atoms with Crippen LogP contribution >= 0.6 is 27.7 Å². The molecule has 4 rings (SSSR count). The number of hydrogen-bond acceptors (Lipinski definition) is 6. The van der Waals surface area contributed by atoms with E-state index in [9.17, 15) is 0 Å². The van der Waals surface area contributed by atoms with E-state index in [1.807, 2.05) is 0 Å². The minimum atomic E-state index is 0.535. The van der Waals surface area contributed by atoms with Crippen LogP contribution in [-0.4, -0.2) is 31.8 Å². The second kappa shape index (κ2) is 5.24. The Balaban J connectivity index is 1.65. The summed E-state index contributed by atoms with van der Waals surface area (Å²) in [6.07, 6.45) is 6.61. The van der Waals surface area contributed by atoms with Crippen molar-refractivity contribution < 1.29 is 4.74 Å². The molecule has 0 amide bonds. The van der Waals surface area contributed by atoms with E-state index in [1.54, 1.807) is 13.3 Å². The van der Waals surface area contributed by atoms with Crippen molar-refractivity contribution in [3.8, 4) is 5.88 Å². The van der Waals surface area contributed by atoms with E-state index < -0.39 is 0 Å². The molecule has 0 aromatic carbocycles. The van der Waals surface area contributed by atoms with Gasteiger partial charge in [0.05, 0.1) is 11.6 Å². The first-order chi connectivity index (χ1) is 10.3. The number of rotatable bonds is 5.